The van der Waals surface area contributed by atoms with E-state index in [1.165, 1.54) is 42.1 Å². The summed E-state index contributed by atoms with van der Waals surface area (Å²) in [5, 5.41) is 2.55. The van der Waals surface area contributed by atoms with Crippen LogP contribution in [-0.2, 0) is 6.42 Å². The second-order valence-corrected chi connectivity index (χ2v) is 4.42. The molecule has 0 spiro atoms. The van der Waals surface area contributed by atoms with Crippen LogP contribution in [0.25, 0.3) is 10.8 Å². The van der Waals surface area contributed by atoms with Gasteiger partial charge in [-0.3, -0.25) is 0 Å². The Morgan fingerprint density at radius 3 is 2.88 bits per heavy atom. The third kappa shape index (κ3) is 2.38. The molecule has 1 aromatic carbocycles. The number of aromatic nitrogens is 1. The number of nitrogens with one attached hydrogen (secondary N) is 1. The van der Waals surface area contributed by atoms with Gasteiger partial charge < -0.3 is 10.7 Å². The molecule has 0 unspecified atom stereocenters. The average molecular weight is 216 g/mol. The van der Waals surface area contributed by atoms with Crippen LogP contribution in [0.5, 0.6) is 0 Å². The number of hydrogen-bond donors (Lipinski definition) is 2. The number of benzene rings is 1. The highest BCUT2D eigenvalue weighted by Gasteiger charge is 2.03. The Balaban J connectivity index is 2.07. The average Bonchev–Trinajstić information content (AvgIpc) is 2.67. The predicted molar refractivity (Wildman–Crippen MR) is 70.6 cm³/mol. The summed E-state index contributed by atoms with van der Waals surface area (Å²) in [6.07, 6.45) is 8.43. The fourth-order valence-corrected chi connectivity index (χ4v) is 2.15. The number of fused-ring (bicyclic) bond motifs is 1. The molecule has 0 radical (unpaired) electrons. The van der Waals surface area contributed by atoms with Crippen LogP contribution in [0.3, 0.4) is 0 Å². The second kappa shape index (κ2) is 5.06. The SMILES string of the molecule is CCCCCCc1[nH]cc2cc(N)ccc12. The topological polar surface area (TPSA) is 41.8 Å². The first-order chi connectivity index (χ1) is 7.81. The number of hydrogen-bond acceptors (Lipinski definition) is 1. The van der Waals surface area contributed by atoms with Crippen LogP contribution in [0.15, 0.2) is 24.4 Å². The van der Waals surface area contributed by atoms with Crippen LogP contribution in [-0.4, -0.2) is 4.98 Å². The minimum atomic E-state index is 0.837. The van der Waals surface area contributed by atoms with Crippen LogP contribution in [0, 0.1) is 0 Å². The minimum absolute atomic E-state index is 0.837. The summed E-state index contributed by atoms with van der Waals surface area (Å²) in [6.45, 7) is 2.24. The highest BCUT2D eigenvalue weighted by atomic mass is 14.7. The van der Waals surface area contributed by atoms with Gasteiger partial charge in [0.1, 0.15) is 0 Å². The van der Waals surface area contributed by atoms with E-state index in [0.717, 1.165) is 12.1 Å². The lowest BCUT2D eigenvalue weighted by atomic mass is 10.1. The minimum Gasteiger partial charge on any atom is -0.399 e. The van der Waals surface area contributed by atoms with Crippen molar-refractivity contribution in [3.8, 4) is 0 Å². The van der Waals surface area contributed by atoms with E-state index < -0.39 is 0 Å². The Morgan fingerprint density at radius 1 is 1.19 bits per heavy atom. The summed E-state index contributed by atoms with van der Waals surface area (Å²) < 4.78 is 0. The maximum absolute atomic E-state index is 5.76. The van der Waals surface area contributed by atoms with Gasteiger partial charge in [-0.25, -0.2) is 0 Å². The lowest BCUT2D eigenvalue weighted by Crippen LogP contribution is -1.87. The highest BCUT2D eigenvalue weighted by molar-refractivity contribution is 5.87. The van der Waals surface area contributed by atoms with Crippen molar-refractivity contribution in [2.45, 2.75) is 39.0 Å². The van der Waals surface area contributed by atoms with E-state index in [-0.39, 0.29) is 0 Å². The number of aromatic amines is 1. The van der Waals surface area contributed by atoms with E-state index in [1.807, 2.05) is 12.1 Å². The lowest BCUT2D eigenvalue weighted by Gasteiger charge is -2.00. The molecule has 2 rings (SSSR count). The first-order valence-electron chi connectivity index (χ1n) is 6.16. The molecule has 2 nitrogen and oxygen atoms in total. The number of aryl methyl sites for hydroxylation is 1. The molecule has 0 saturated heterocycles. The van der Waals surface area contributed by atoms with Crippen LogP contribution >= 0.6 is 0 Å². The normalized spacial score (nSPS) is 11.1. The molecule has 2 aromatic rings. The fourth-order valence-electron chi connectivity index (χ4n) is 2.15. The van der Waals surface area contributed by atoms with Crippen molar-refractivity contribution >= 4 is 16.5 Å². The Labute approximate surface area is 96.9 Å². The van der Waals surface area contributed by atoms with E-state index in [9.17, 15) is 0 Å². The highest BCUT2D eigenvalue weighted by Crippen LogP contribution is 2.22. The van der Waals surface area contributed by atoms with Gasteiger partial charge in [-0.2, -0.15) is 0 Å². The van der Waals surface area contributed by atoms with Crippen molar-refractivity contribution in [1.82, 2.24) is 4.98 Å². The standard InChI is InChI=1S/C14H20N2/c1-2-3-4-5-6-14-13-8-7-12(15)9-11(13)10-16-14/h7-10,16H,2-6,15H2,1H3. The number of nitrogens with two attached hydrogens (primary N) is 1. The number of unbranched alkanes of at least 4 members (excludes halogenated alkanes) is 3. The molecule has 2 heteroatoms. The van der Waals surface area contributed by atoms with E-state index in [4.69, 9.17) is 5.73 Å². The maximum Gasteiger partial charge on any atom is 0.0320 e. The van der Waals surface area contributed by atoms with E-state index in [1.54, 1.807) is 0 Å². The van der Waals surface area contributed by atoms with Gasteiger partial charge in [0, 0.05) is 28.4 Å². The predicted octanol–water partition coefficient (Wildman–Crippen LogP) is 3.87. The van der Waals surface area contributed by atoms with E-state index >= 15 is 0 Å². The van der Waals surface area contributed by atoms with Gasteiger partial charge >= 0.3 is 0 Å². The smallest absolute Gasteiger partial charge is 0.0320 e. The Kier molecular flexibility index (Phi) is 3.50. The number of rotatable bonds is 5. The van der Waals surface area contributed by atoms with Crippen molar-refractivity contribution < 1.29 is 0 Å². The largest absolute Gasteiger partial charge is 0.399 e. The summed E-state index contributed by atoms with van der Waals surface area (Å²) in [5.74, 6) is 0. The van der Waals surface area contributed by atoms with Gasteiger partial charge in [0.2, 0.25) is 0 Å². The molecule has 1 heterocycles. The fraction of sp³-hybridized carbons (Fsp3) is 0.429. The van der Waals surface area contributed by atoms with Gasteiger partial charge in [-0.05, 0) is 25.0 Å². The molecule has 0 saturated carbocycles. The molecule has 16 heavy (non-hydrogen) atoms. The third-order valence-corrected chi connectivity index (χ3v) is 3.08. The molecule has 0 aliphatic heterocycles. The molecule has 0 bridgehead atoms. The molecule has 0 aliphatic rings. The molecule has 1 aromatic heterocycles. The summed E-state index contributed by atoms with van der Waals surface area (Å²) in [7, 11) is 0. The van der Waals surface area contributed by atoms with E-state index in [0.29, 0.717) is 0 Å². The Hall–Kier alpha value is -1.44. The summed E-state index contributed by atoms with van der Waals surface area (Å²) in [4.78, 5) is 3.36. The van der Waals surface area contributed by atoms with Gasteiger partial charge in [0.15, 0.2) is 0 Å². The number of anilines is 1. The molecule has 0 atom stereocenters. The maximum atomic E-state index is 5.76. The van der Waals surface area contributed by atoms with E-state index in [2.05, 4.69) is 24.2 Å². The third-order valence-electron chi connectivity index (χ3n) is 3.08. The summed E-state index contributed by atoms with van der Waals surface area (Å²) >= 11 is 0. The zero-order chi connectivity index (χ0) is 11.4. The lowest BCUT2D eigenvalue weighted by molar-refractivity contribution is 0.663. The molecular formula is C14H20N2. The van der Waals surface area contributed by atoms with Crippen molar-refractivity contribution in [1.29, 1.82) is 0 Å². The van der Waals surface area contributed by atoms with Crippen molar-refractivity contribution in [3.63, 3.8) is 0 Å². The quantitative estimate of drug-likeness (QED) is 0.578. The zero-order valence-corrected chi connectivity index (χ0v) is 9.92. The van der Waals surface area contributed by atoms with Gasteiger partial charge in [0.05, 0.1) is 0 Å². The Bertz CT molecular complexity index is 457. The van der Waals surface area contributed by atoms with Crippen molar-refractivity contribution in [2.24, 2.45) is 0 Å². The summed E-state index contributed by atoms with van der Waals surface area (Å²) in [5.41, 5.74) is 7.95. The van der Waals surface area contributed by atoms with Crippen molar-refractivity contribution in [3.05, 3.63) is 30.1 Å². The van der Waals surface area contributed by atoms with Gasteiger partial charge in [-0.1, -0.05) is 32.3 Å². The molecule has 0 fully saturated rings. The monoisotopic (exact) mass is 216 g/mol. The zero-order valence-electron chi connectivity index (χ0n) is 9.92. The van der Waals surface area contributed by atoms with Gasteiger partial charge in [-0.15, -0.1) is 0 Å². The van der Waals surface area contributed by atoms with Crippen LogP contribution in [0.2, 0.25) is 0 Å². The Morgan fingerprint density at radius 2 is 2.06 bits per heavy atom. The van der Waals surface area contributed by atoms with Crippen molar-refractivity contribution in [2.75, 3.05) is 5.73 Å². The molecule has 3 N–H and O–H groups in total. The van der Waals surface area contributed by atoms with Crippen LogP contribution in [0.4, 0.5) is 5.69 Å². The molecule has 86 valence electrons. The van der Waals surface area contributed by atoms with Gasteiger partial charge in [0.25, 0.3) is 0 Å². The first kappa shape index (κ1) is 11.1. The second-order valence-electron chi connectivity index (χ2n) is 4.42. The molecular weight excluding hydrogens is 196 g/mol. The first-order valence-corrected chi connectivity index (χ1v) is 6.16. The molecule has 0 aliphatic carbocycles. The van der Waals surface area contributed by atoms with Crippen LogP contribution < -0.4 is 5.73 Å². The van der Waals surface area contributed by atoms with Crippen LogP contribution in [0.1, 0.15) is 38.3 Å². The number of H-pyrrole nitrogens is 1. The summed E-state index contributed by atoms with van der Waals surface area (Å²) in [6, 6.07) is 6.13. The number of nitrogen functional groups attached to an aromatic ring is 1. The molecule has 0 amide bonds.